The lowest BCUT2D eigenvalue weighted by Crippen LogP contribution is -2.23. The average Bonchev–Trinajstić information content (AvgIpc) is 2.87. The van der Waals surface area contributed by atoms with Crippen LogP contribution in [0.15, 0.2) is 66.7 Å². The molecule has 1 atom stereocenters. The zero-order valence-corrected chi connectivity index (χ0v) is 19.8. The summed E-state index contributed by atoms with van der Waals surface area (Å²) in [6.45, 7) is 1.44. The summed E-state index contributed by atoms with van der Waals surface area (Å²) in [5.74, 6) is 0.453. The van der Waals surface area contributed by atoms with Gasteiger partial charge in [0.05, 0.1) is 19.3 Å². The lowest BCUT2D eigenvalue weighted by molar-refractivity contribution is 0.1000. The van der Waals surface area contributed by atoms with E-state index in [9.17, 15) is 20.1 Å². The maximum absolute atomic E-state index is 11.3. The maximum Gasteiger partial charge on any atom is 0.248 e. The number of amides is 1. The molecule has 0 aliphatic heterocycles. The molecule has 0 unspecified atom stereocenters. The molecule has 1 amide bonds. The van der Waals surface area contributed by atoms with E-state index in [2.05, 4.69) is 5.32 Å². The quantitative estimate of drug-likeness (QED) is 0.227. The third-order valence-electron chi connectivity index (χ3n) is 5.85. The van der Waals surface area contributed by atoms with Crippen molar-refractivity contribution in [3.8, 4) is 11.5 Å². The van der Waals surface area contributed by atoms with Gasteiger partial charge in [-0.15, -0.1) is 0 Å². The molecule has 0 aliphatic carbocycles. The molecule has 0 saturated carbocycles. The Balaban J connectivity index is 1.31. The van der Waals surface area contributed by atoms with Crippen LogP contribution in [0.4, 0.5) is 0 Å². The van der Waals surface area contributed by atoms with Crippen LogP contribution in [0.1, 0.15) is 51.6 Å². The summed E-state index contributed by atoms with van der Waals surface area (Å²) in [5, 5.41) is 32.4. The highest BCUT2D eigenvalue weighted by Gasteiger charge is 2.10. The van der Waals surface area contributed by atoms with Crippen molar-refractivity contribution in [3.63, 3.8) is 0 Å². The second-order valence-corrected chi connectivity index (χ2v) is 8.53. The van der Waals surface area contributed by atoms with Crippen molar-refractivity contribution in [1.29, 1.82) is 0 Å². The number of phenols is 1. The number of hydrogen-bond acceptors (Lipinski definition) is 6. The molecule has 7 nitrogen and oxygen atoms in total. The predicted octanol–water partition coefficient (Wildman–Crippen LogP) is 3.25. The lowest BCUT2D eigenvalue weighted by Gasteiger charge is -2.14. The molecule has 0 heterocycles. The van der Waals surface area contributed by atoms with Gasteiger partial charge in [-0.05, 0) is 85.3 Å². The Morgan fingerprint density at radius 1 is 0.971 bits per heavy atom. The molecule has 3 rings (SSSR count). The Morgan fingerprint density at radius 3 is 2.51 bits per heavy atom. The molecule has 35 heavy (non-hydrogen) atoms. The third kappa shape index (κ3) is 8.40. The number of aryl methyl sites for hydroxylation is 1. The largest absolute Gasteiger partial charge is 0.508 e. The number of primary amides is 1. The summed E-state index contributed by atoms with van der Waals surface area (Å²) >= 11 is 0. The highest BCUT2D eigenvalue weighted by atomic mass is 16.5. The van der Waals surface area contributed by atoms with Crippen molar-refractivity contribution >= 4 is 5.91 Å². The number of aliphatic hydroxyl groups is 2. The molecular weight excluding hydrogens is 444 g/mol. The highest BCUT2D eigenvalue weighted by Crippen LogP contribution is 2.22. The van der Waals surface area contributed by atoms with Gasteiger partial charge in [0.25, 0.3) is 0 Å². The first kappa shape index (κ1) is 26.2. The van der Waals surface area contributed by atoms with Gasteiger partial charge in [0.15, 0.2) is 0 Å². The predicted molar refractivity (Wildman–Crippen MR) is 135 cm³/mol. The first-order chi connectivity index (χ1) is 17.0. The standard InChI is InChI=1S/C28H34N2O5/c29-28(34)23-6-3-5-21(16-23)4-1-2-15-35-25-10-7-20(8-11-25)13-14-30-18-27(33)22-9-12-26(32)24(17-22)19-31/h3,5-12,16-17,27,30-33H,1-2,4,13-15,18-19H2,(H2,29,34)/t27-/m0/s1. The number of nitrogens with two attached hydrogens (primary N) is 1. The summed E-state index contributed by atoms with van der Waals surface area (Å²) in [4.78, 5) is 11.3. The summed E-state index contributed by atoms with van der Waals surface area (Å²) in [5.41, 5.74) is 9.19. The van der Waals surface area contributed by atoms with Gasteiger partial charge in [0.1, 0.15) is 11.5 Å². The van der Waals surface area contributed by atoms with E-state index >= 15 is 0 Å². The number of ether oxygens (including phenoxy) is 1. The molecule has 186 valence electrons. The first-order valence-corrected chi connectivity index (χ1v) is 11.9. The number of rotatable bonds is 14. The number of aliphatic hydroxyl groups excluding tert-OH is 2. The molecule has 0 fully saturated rings. The van der Waals surface area contributed by atoms with Gasteiger partial charge in [-0.1, -0.05) is 30.3 Å². The molecule has 0 aromatic heterocycles. The summed E-state index contributed by atoms with van der Waals surface area (Å²) < 4.78 is 5.84. The van der Waals surface area contributed by atoms with Crippen LogP contribution in [0.5, 0.6) is 11.5 Å². The van der Waals surface area contributed by atoms with E-state index in [-0.39, 0.29) is 12.4 Å². The average molecular weight is 479 g/mol. The minimum atomic E-state index is -0.719. The van der Waals surface area contributed by atoms with E-state index in [0.29, 0.717) is 36.4 Å². The Bertz CT molecular complexity index is 1080. The summed E-state index contributed by atoms with van der Waals surface area (Å²) in [7, 11) is 0. The Kier molecular flexibility index (Phi) is 10.1. The van der Waals surface area contributed by atoms with E-state index in [4.69, 9.17) is 10.5 Å². The van der Waals surface area contributed by atoms with Crippen molar-refractivity contribution in [3.05, 3.63) is 94.5 Å². The number of carbonyl (C=O) groups is 1. The van der Waals surface area contributed by atoms with Crippen molar-refractivity contribution in [2.75, 3.05) is 19.7 Å². The molecule has 0 spiro atoms. The van der Waals surface area contributed by atoms with Gasteiger partial charge in [0, 0.05) is 17.7 Å². The second-order valence-electron chi connectivity index (χ2n) is 8.53. The van der Waals surface area contributed by atoms with Crippen LogP contribution in [-0.4, -0.2) is 40.9 Å². The second kappa shape index (κ2) is 13.5. The van der Waals surface area contributed by atoms with Crippen LogP contribution in [0.2, 0.25) is 0 Å². The van der Waals surface area contributed by atoms with Crippen LogP contribution in [0.25, 0.3) is 0 Å². The zero-order valence-electron chi connectivity index (χ0n) is 19.8. The van der Waals surface area contributed by atoms with Gasteiger partial charge < -0.3 is 31.1 Å². The molecular formula is C28H34N2O5. The fraction of sp³-hybridized carbons (Fsp3) is 0.321. The minimum absolute atomic E-state index is 0.0242. The Hall–Kier alpha value is -3.39. The van der Waals surface area contributed by atoms with Crippen LogP contribution >= 0.6 is 0 Å². The van der Waals surface area contributed by atoms with Crippen molar-refractivity contribution in [1.82, 2.24) is 5.32 Å². The fourth-order valence-electron chi connectivity index (χ4n) is 3.78. The lowest BCUT2D eigenvalue weighted by atomic mass is 10.1. The summed E-state index contributed by atoms with van der Waals surface area (Å²) in [6, 6.07) is 20.2. The number of nitrogens with one attached hydrogen (secondary N) is 1. The fourth-order valence-corrected chi connectivity index (χ4v) is 3.78. The monoisotopic (exact) mass is 478 g/mol. The van der Waals surface area contributed by atoms with Crippen molar-refractivity contribution < 1.29 is 24.9 Å². The molecule has 0 aliphatic rings. The van der Waals surface area contributed by atoms with Crippen LogP contribution in [-0.2, 0) is 19.4 Å². The van der Waals surface area contributed by atoms with Gasteiger partial charge in [0.2, 0.25) is 5.91 Å². The highest BCUT2D eigenvalue weighted by molar-refractivity contribution is 5.92. The molecule has 0 bridgehead atoms. The van der Waals surface area contributed by atoms with E-state index in [1.54, 1.807) is 18.2 Å². The van der Waals surface area contributed by atoms with Crippen molar-refractivity contribution in [2.24, 2.45) is 5.73 Å². The Morgan fingerprint density at radius 2 is 1.77 bits per heavy atom. The molecule has 6 N–H and O–H groups in total. The molecule has 3 aromatic rings. The number of carbonyl (C=O) groups excluding carboxylic acids is 1. The normalized spacial score (nSPS) is 11.8. The summed E-state index contributed by atoms with van der Waals surface area (Å²) in [6.07, 6.45) is 2.84. The maximum atomic E-state index is 11.3. The van der Waals surface area contributed by atoms with Crippen LogP contribution in [0.3, 0.4) is 0 Å². The van der Waals surface area contributed by atoms with E-state index in [0.717, 1.165) is 37.0 Å². The first-order valence-electron chi connectivity index (χ1n) is 11.9. The molecule has 7 heteroatoms. The van der Waals surface area contributed by atoms with Crippen LogP contribution < -0.4 is 15.8 Å². The van der Waals surface area contributed by atoms with Gasteiger partial charge in [-0.2, -0.15) is 0 Å². The number of hydrogen-bond donors (Lipinski definition) is 5. The topological polar surface area (TPSA) is 125 Å². The Labute approximate surface area is 206 Å². The van der Waals surface area contributed by atoms with Crippen molar-refractivity contribution in [2.45, 2.75) is 38.4 Å². The number of aromatic hydroxyl groups is 1. The minimum Gasteiger partial charge on any atom is -0.508 e. The van der Waals surface area contributed by atoms with Crippen LogP contribution in [0, 0.1) is 0 Å². The zero-order chi connectivity index (χ0) is 25.0. The number of benzene rings is 3. The smallest absolute Gasteiger partial charge is 0.248 e. The molecule has 3 aromatic carbocycles. The molecule has 0 radical (unpaired) electrons. The van der Waals surface area contributed by atoms with E-state index in [1.807, 2.05) is 42.5 Å². The SMILES string of the molecule is NC(=O)c1cccc(CCCCOc2ccc(CCNC[C@H](O)c3ccc(O)c(CO)c3)cc2)c1. The van der Waals surface area contributed by atoms with Gasteiger partial charge in [-0.3, -0.25) is 4.79 Å². The number of unbranched alkanes of at least 4 members (excludes halogenated alkanes) is 1. The van der Waals surface area contributed by atoms with Gasteiger partial charge >= 0.3 is 0 Å². The van der Waals surface area contributed by atoms with Gasteiger partial charge in [-0.25, -0.2) is 0 Å². The third-order valence-corrected chi connectivity index (χ3v) is 5.85. The van der Waals surface area contributed by atoms with E-state index < -0.39 is 12.0 Å². The van der Waals surface area contributed by atoms with E-state index in [1.165, 1.54) is 11.6 Å². The molecule has 0 saturated heterocycles.